The number of likely N-dealkylation sites (tertiary alicyclic amines) is 1. The topological polar surface area (TPSA) is 151 Å². The number of aromatic nitrogens is 1. The van der Waals surface area contributed by atoms with Gasteiger partial charge in [-0.1, -0.05) is 12.1 Å². The summed E-state index contributed by atoms with van der Waals surface area (Å²) in [5.74, 6) is -1.72. The Morgan fingerprint density at radius 3 is 2.21 bits per heavy atom. The second-order valence-corrected chi connectivity index (χ2v) is 8.70. The first-order chi connectivity index (χ1) is 13.2. The normalized spacial score (nSPS) is 22.6. The predicted octanol–water partition coefficient (Wildman–Crippen LogP) is 0.491. The number of aliphatic carboxylic acids is 1. The number of carbonyl (C=O) groups is 2. The van der Waals surface area contributed by atoms with Gasteiger partial charge in [-0.25, -0.2) is 18.0 Å². The molecule has 0 spiro atoms. The Morgan fingerprint density at radius 2 is 1.68 bits per heavy atom. The molecule has 2 atom stereocenters. The van der Waals surface area contributed by atoms with Crippen molar-refractivity contribution in [3.8, 4) is 11.1 Å². The van der Waals surface area contributed by atoms with Gasteiger partial charge in [-0.3, -0.25) is 4.98 Å². The molecule has 0 aliphatic carbocycles. The number of piperidine rings is 1. The van der Waals surface area contributed by atoms with E-state index in [-0.39, 0.29) is 17.9 Å². The number of nitrogens with two attached hydrogens (primary N) is 1. The van der Waals surface area contributed by atoms with Crippen molar-refractivity contribution >= 4 is 21.8 Å². The molecule has 2 unspecified atom stereocenters. The summed E-state index contributed by atoms with van der Waals surface area (Å²) in [6, 6.07) is 8.55. The fraction of sp³-hybridized carbons (Fsp3) is 0.278. The van der Waals surface area contributed by atoms with Crippen LogP contribution in [0, 0.1) is 0 Å². The zero-order valence-electron chi connectivity index (χ0n) is 14.7. The third-order valence-electron chi connectivity index (χ3n) is 4.88. The molecule has 28 heavy (non-hydrogen) atoms. The highest BCUT2D eigenvalue weighted by Crippen LogP contribution is 2.33. The summed E-state index contributed by atoms with van der Waals surface area (Å²) in [4.78, 5) is 27.8. The number of carboxylic acid groups (broad SMARTS) is 1. The van der Waals surface area contributed by atoms with Crippen LogP contribution in [-0.2, 0) is 14.6 Å². The molecule has 148 valence electrons. The highest BCUT2D eigenvalue weighted by molar-refractivity contribution is 7.92. The van der Waals surface area contributed by atoms with Gasteiger partial charge in [-0.05, 0) is 41.8 Å². The number of primary amides is 1. The fourth-order valence-corrected chi connectivity index (χ4v) is 5.28. The molecule has 2 amide bonds. The molecule has 1 aliphatic heterocycles. The number of hydrogen-bond donors (Lipinski definition) is 3. The van der Waals surface area contributed by atoms with Crippen LogP contribution in [0.3, 0.4) is 0 Å². The summed E-state index contributed by atoms with van der Waals surface area (Å²) < 4.78 is 26.1. The van der Waals surface area contributed by atoms with E-state index in [2.05, 4.69) is 4.98 Å². The number of hydrogen-bond acceptors (Lipinski definition) is 6. The number of sulfone groups is 1. The largest absolute Gasteiger partial charge is 0.479 e. The Labute approximate surface area is 161 Å². The Kier molecular flexibility index (Phi) is 5.09. The van der Waals surface area contributed by atoms with Crippen molar-refractivity contribution in [1.82, 2.24) is 9.88 Å². The first kappa shape index (κ1) is 19.8. The zero-order chi connectivity index (χ0) is 20.5. The Hall–Kier alpha value is -2.98. The van der Waals surface area contributed by atoms with Crippen LogP contribution in [0.1, 0.15) is 6.42 Å². The monoisotopic (exact) mass is 405 g/mol. The smallest absolute Gasteiger partial charge is 0.338 e. The molecule has 0 radical (unpaired) electrons. The van der Waals surface area contributed by atoms with Crippen molar-refractivity contribution < 1.29 is 28.2 Å². The van der Waals surface area contributed by atoms with Gasteiger partial charge in [0.2, 0.25) is 0 Å². The third-order valence-corrected chi connectivity index (χ3v) is 7.18. The van der Waals surface area contributed by atoms with Gasteiger partial charge in [0.15, 0.2) is 15.4 Å². The Bertz CT molecular complexity index is 994. The maximum atomic E-state index is 13.1. The molecule has 9 nitrogen and oxygen atoms in total. The third kappa shape index (κ3) is 3.43. The van der Waals surface area contributed by atoms with Crippen LogP contribution in [0.4, 0.5) is 4.79 Å². The standard InChI is InChI=1S/C18H19N3O6S/c19-17(24)21-10-7-15(18(25,11-21)16(22)23)28(26,27)14-3-1-12(2-4-14)13-5-8-20-9-6-13/h1-6,8-9,15,25H,7,10-11H2,(H2,19,24)(H,22,23). The van der Waals surface area contributed by atoms with Crippen LogP contribution in [0.2, 0.25) is 0 Å². The van der Waals surface area contributed by atoms with Crippen molar-refractivity contribution in [2.75, 3.05) is 13.1 Å². The molecule has 2 aromatic rings. The van der Waals surface area contributed by atoms with E-state index in [4.69, 9.17) is 5.73 Å². The van der Waals surface area contributed by atoms with Gasteiger partial charge >= 0.3 is 12.0 Å². The van der Waals surface area contributed by atoms with Crippen LogP contribution in [0.25, 0.3) is 11.1 Å². The first-order valence-corrected chi connectivity index (χ1v) is 9.95. The molecule has 10 heteroatoms. The molecular weight excluding hydrogens is 386 g/mol. The number of pyridine rings is 1. The molecule has 1 aromatic heterocycles. The number of carboxylic acids is 1. The highest BCUT2D eigenvalue weighted by Gasteiger charge is 2.55. The predicted molar refractivity (Wildman–Crippen MR) is 99.0 cm³/mol. The Morgan fingerprint density at radius 1 is 1.11 bits per heavy atom. The highest BCUT2D eigenvalue weighted by atomic mass is 32.2. The Balaban J connectivity index is 1.95. The van der Waals surface area contributed by atoms with E-state index >= 15 is 0 Å². The SMILES string of the molecule is NC(=O)N1CCC(S(=O)(=O)c2ccc(-c3ccncc3)cc2)C(O)(C(=O)O)C1. The molecule has 1 aliphatic rings. The van der Waals surface area contributed by atoms with Crippen LogP contribution < -0.4 is 5.73 Å². The zero-order valence-corrected chi connectivity index (χ0v) is 15.5. The molecule has 3 rings (SSSR count). The van der Waals surface area contributed by atoms with Gasteiger partial charge in [0, 0.05) is 18.9 Å². The minimum atomic E-state index is -4.18. The van der Waals surface area contributed by atoms with Gasteiger partial charge in [0.05, 0.1) is 11.4 Å². The van der Waals surface area contributed by atoms with Gasteiger partial charge in [-0.15, -0.1) is 0 Å². The second-order valence-electron chi connectivity index (χ2n) is 6.57. The van der Waals surface area contributed by atoms with Gasteiger partial charge in [0.25, 0.3) is 0 Å². The fourth-order valence-electron chi connectivity index (χ4n) is 3.33. The number of aliphatic hydroxyl groups is 1. The van der Waals surface area contributed by atoms with E-state index in [9.17, 15) is 28.2 Å². The lowest BCUT2D eigenvalue weighted by Crippen LogP contribution is -2.65. The van der Waals surface area contributed by atoms with Crippen LogP contribution >= 0.6 is 0 Å². The molecule has 4 N–H and O–H groups in total. The lowest BCUT2D eigenvalue weighted by atomic mass is 9.92. The number of urea groups is 1. The van der Waals surface area contributed by atoms with Crippen molar-refractivity contribution in [2.45, 2.75) is 22.2 Å². The van der Waals surface area contributed by atoms with Crippen molar-refractivity contribution in [3.05, 3.63) is 48.8 Å². The summed E-state index contributed by atoms with van der Waals surface area (Å²) in [5.41, 5.74) is 4.10. The maximum absolute atomic E-state index is 13.1. The van der Waals surface area contributed by atoms with Crippen molar-refractivity contribution in [1.29, 1.82) is 0 Å². The minimum Gasteiger partial charge on any atom is -0.479 e. The van der Waals surface area contributed by atoms with E-state index in [1.54, 1.807) is 36.7 Å². The average Bonchev–Trinajstić information content (AvgIpc) is 2.68. The summed E-state index contributed by atoms with van der Waals surface area (Å²) in [5, 5.41) is 18.5. The van der Waals surface area contributed by atoms with Gasteiger partial charge in [0.1, 0.15) is 5.25 Å². The van der Waals surface area contributed by atoms with E-state index in [0.717, 1.165) is 16.0 Å². The quantitative estimate of drug-likeness (QED) is 0.669. The summed E-state index contributed by atoms with van der Waals surface area (Å²) in [6.07, 6.45) is 2.97. The average molecular weight is 405 g/mol. The minimum absolute atomic E-state index is 0.0656. The van der Waals surface area contributed by atoms with E-state index in [1.807, 2.05) is 0 Å². The molecule has 1 aromatic carbocycles. The van der Waals surface area contributed by atoms with Crippen LogP contribution in [0.15, 0.2) is 53.7 Å². The van der Waals surface area contributed by atoms with Crippen LogP contribution in [-0.4, -0.2) is 64.5 Å². The lowest BCUT2D eigenvalue weighted by Gasteiger charge is -2.40. The van der Waals surface area contributed by atoms with Crippen LogP contribution in [0.5, 0.6) is 0 Å². The molecular formula is C18H19N3O6S. The number of benzene rings is 1. The van der Waals surface area contributed by atoms with Gasteiger partial charge < -0.3 is 20.8 Å². The number of amides is 2. The molecule has 1 saturated heterocycles. The van der Waals surface area contributed by atoms with Crippen molar-refractivity contribution in [3.63, 3.8) is 0 Å². The summed E-state index contributed by atoms with van der Waals surface area (Å²) >= 11 is 0. The lowest BCUT2D eigenvalue weighted by molar-refractivity contribution is -0.162. The summed E-state index contributed by atoms with van der Waals surface area (Å²) in [7, 11) is -4.18. The molecule has 0 bridgehead atoms. The van der Waals surface area contributed by atoms with E-state index in [0.29, 0.717) is 0 Å². The summed E-state index contributed by atoms with van der Waals surface area (Å²) in [6.45, 7) is -0.763. The number of carbonyl (C=O) groups excluding carboxylic acids is 1. The number of β-amino-alcohol motifs (C(OH)–C–C–N with tert-alkyl or cyclic N) is 1. The van der Waals surface area contributed by atoms with Crippen molar-refractivity contribution in [2.24, 2.45) is 5.73 Å². The molecule has 2 heterocycles. The van der Waals surface area contributed by atoms with E-state index < -0.39 is 39.2 Å². The molecule has 1 fully saturated rings. The number of nitrogens with zero attached hydrogens (tertiary/aromatic N) is 2. The second kappa shape index (κ2) is 7.21. The van der Waals surface area contributed by atoms with E-state index in [1.165, 1.54) is 12.1 Å². The first-order valence-electron chi connectivity index (χ1n) is 8.41. The maximum Gasteiger partial charge on any atom is 0.338 e. The molecule has 0 saturated carbocycles. The number of rotatable bonds is 4. The van der Waals surface area contributed by atoms with Gasteiger partial charge in [-0.2, -0.15) is 0 Å².